The van der Waals surface area contributed by atoms with Crippen molar-refractivity contribution in [3.8, 4) is 0 Å². The zero-order valence-corrected chi connectivity index (χ0v) is 26.2. The summed E-state index contributed by atoms with van der Waals surface area (Å²) in [7, 11) is -9.53. The topological polar surface area (TPSA) is 192 Å². The molecule has 2 aliphatic carbocycles. The molecule has 4 aromatic carbocycles. The van der Waals surface area contributed by atoms with Crippen LogP contribution in [-0.2, 0) is 20.2 Å². The Hall–Kier alpha value is -5.80. The Morgan fingerprint density at radius 3 is 1.27 bits per heavy atom. The van der Waals surface area contributed by atoms with Gasteiger partial charge < -0.3 is 0 Å². The van der Waals surface area contributed by atoms with Gasteiger partial charge in [0.15, 0.2) is 11.6 Å². The van der Waals surface area contributed by atoms with Gasteiger partial charge in [0.2, 0.25) is 0 Å². The van der Waals surface area contributed by atoms with E-state index in [1.807, 2.05) is 0 Å². The fourth-order valence-corrected chi connectivity index (χ4v) is 6.48. The summed E-state index contributed by atoms with van der Waals surface area (Å²) < 4.78 is 69.2. The van der Waals surface area contributed by atoms with Crippen LogP contribution in [0.2, 0.25) is 0 Å². The fraction of sp³-hybridized carbons (Fsp3) is 0. The van der Waals surface area contributed by atoms with Crippen LogP contribution in [0, 0.1) is 0 Å². The first-order valence-electron chi connectivity index (χ1n) is 14.1. The molecule has 0 fully saturated rings. The molecule has 0 radical (unpaired) electrons. The number of hydrazone groups is 2. The second-order valence-electron chi connectivity index (χ2n) is 10.5. The maximum absolute atomic E-state index is 12.3. The summed E-state index contributed by atoms with van der Waals surface area (Å²) in [4.78, 5) is 23.3. The normalized spacial score (nSPS) is 16.0. The second kappa shape index (κ2) is 12.8. The molecule has 12 nitrogen and oxygen atoms in total. The number of nitrogens with zero attached hydrogens (tertiary/aromatic N) is 2. The number of rotatable bonds is 8. The van der Waals surface area contributed by atoms with Crippen LogP contribution >= 0.6 is 0 Å². The molecule has 0 aromatic heterocycles. The molecule has 0 atom stereocenters. The standard InChI is InChI=1S/C34H24N4O8S2/c39-31-17-15-29(25-5-1-3-7-27(25)31)37-35-23-13-11-21(33(19-23)47(41,42)43)9-10-22-12-14-24(20-34(22)48(44,45)46)36-38-30-16-18-32(40)28-8-4-2-6-26(28)30/h1-20,35-36H,(H,41,42,43)(H,44,45,46)/b10-9+,37-29-,38-30-. The molecule has 0 saturated heterocycles. The molecule has 0 spiro atoms. The number of carbonyl (C=O) groups is 2. The molecule has 4 N–H and O–H groups in total. The van der Waals surface area contributed by atoms with Crippen LogP contribution in [0.3, 0.4) is 0 Å². The Balaban J connectivity index is 1.27. The highest BCUT2D eigenvalue weighted by molar-refractivity contribution is 7.86. The first-order valence-corrected chi connectivity index (χ1v) is 17.0. The summed E-state index contributed by atoms with van der Waals surface area (Å²) in [5.74, 6) is -0.346. The van der Waals surface area contributed by atoms with Gasteiger partial charge in [-0.15, -0.1) is 0 Å². The lowest BCUT2D eigenvalue weighted by Crippen LogP contribution is -2.13. The zero-order chi connectivity index (χ0) is 34.1. The minimum absolute atomic E-state index is 0.0106. The lowest BCUT2D eigenvalue weighted by atomic mass is 9.94. The quantitative estimate of drug-likeness (QED) is 0.105. The van der Waals surface area contributed by atoms with Crippen molar-refractivity contribution in [3.05, 3.63) is 143 Å². The van der Waals surface area contributed by atoms with E-state index >= 15 is 0 Å². The van der Waals surface area contributed by atoms with Crippen LogP contribution in [-0.4, -0.2) is 48.9 Å². The van der Waals surface area contributed by atoms with Crippen molar-refractivity contribution < 1.29 is 35.5 Å². The number of anilines is 2. The Kier molecular flexibility index (Phi) is 8.56. The number of hydrogen-bond acceptors (Lipinski definition) is 10. The maximum Gasteiger partial charge on any atom is 0.295 e. The van der Waals surface area contributed by atoms with Gasteiger partial charge >= 0.3 is 0 Å². The van der Waals surface area contributed by atoms with Crippen LogP contribution in [0.15, 0.2) is 129 Å². The number of nitrogens with one attached hydrogen (secondary N) is 2. The van der Waals surface area contributed by atoms with Gasteiger partial charge in [-0.05, 0) is 59.7 Å². The highest BCUT2D eigenvalue weighted by Gasteiger charge is 2.20. The van der Waals surface area contributed by atoms with Crippen LogP contribution in [0.4, 0.5) is 11.4 Å². The van der Waals surface area contributed by atoms with Crippen LogP contribution in [0.1, 0.15) is 43.0 Å². The molecule has 0 saturated carbocycles. The van der Waals surface area contributed by atoms with Gasteiger partial charge in [0.1, 0.15) is 9.79 Å². The SMILES string of the molecule is O=C1C=C/C(=N/Nc2ccc(/C=C/c3ccc(N/N=C4/C=CC(=O)c5ccccc54)cc3S(=O)(=O)O)c(S(=O)(=O)O)c2)c2ccccc21. The largest absolute Gasteiger partial charge is 0.295 e. The summed E-state index contributed by atoms with van der Waals surface area (Å²) in [5, 5.41) is 8.57. The maximum atomic E-state index is 12.3. The van der Waals surface area contributed by atoms with Gasteiger partial charge in [-0.2, -0.15) is 27.0 Å². The molecule has 4 aromatic rings. The van der Waals surface area contributed by atoms with Gasteiger partial charge in [-0.25, -0.2) is 0 Å². The van der Waals surface area contributed by atoms with Crippen molar-refractivity contribution in [2.24, 2.45) is 10.2 Å². The highest BCUT2D eigenvalue weighted by atomic mass is 32.2. The number of hydrogen-bond donors (Lipinski definition) is 4. The highest BCUT2D eigenvalue weighted by Crippen LogP contribution is 2.27. The number of allylic oxidation sites excluding steroid dienone is 4. The van der Waals surface area contributed by atoms with E-state index in [1.165, 1.54) is 60.7 Å². The Morgan fingerprint density at radius 1 is 0.521 bits per heavy atom. The van der Waals surface area contributed by atoms with E-state index in [9.17, 15) is 35.5 Å². The molecule has 0 unspecified atom stereocenters. The molecule has 2 aliphatic rings. The number of carbonyl (C=O) groups excluding carboxylic acids is 2. The molecule has 0 amide bonds. The minimum Gasteiger partial charge on any atom is -0.289 e. The van der Waals surface area contributed by atoms with Crippen molar-refractivity contribution in [1.29, 1.82) is 0 Å². The summed E-state index contributed by atoms with van der Waals surface area (Å²) in [5.41, 5.74) is 8.85. The van der Waals surface area contributed by atoms with E-state index in [1.54, 1.807) is 48.5 Å². The van der Waals surface area contributed by atoms with E-state index in [4.69, 9.17) is 0 Å². The Bertz CT molecular complexity index is 2230. The molecule has 48 heavy (non-hydrogen) atoms. The summed E-state index contributed by atoms with van der Waals surface area (Å²) in [6.07, 6.45) is 8.31. The Morgan fingerprint density at radius 2 is 0.896 bits per heavy atom. The predicted octanol–water partition coefficient (Wildman–Crippen LogP) is 5.49. The van der Waals surface area contributed by atoms with Crippen LogP contribution in [0.25, 0.3) is 12.2 Å². The number of benzene rings is 4. The number of ketones is 2. The summed E-state index contributed by atoms with van der Waals surface area (Å²) in [6.45, 7) is 0. The molecular formula is C34H24N4O8S2. The molecule has 0 heterocycles. The van der Waals surface area contributed by atoms with E-state index in [0.29, 0.717) is 33.7 Å². The lowest BCUT2D eigenvalue weighted by molar-refractivity contribution is 0.103. The third kappa shape index (κ3) is 6.82. The van der Waals surface area contributed by atoms with Gasteiger partial charge in [0.05, 0.1) is 22.8 Å². The monoisotopic (exact) mass is 680 g/mol. The first-order chi connectivity index (χ1) is 22.9. The van der Waals surface area contributed by atoms with Crippen molar-refractivity contribution in [3.63, 3.8) is 0 Å². The minimum atomic E-state index is -4.76. The second-order valence-corrected chi connectivity index (χ2v) is 13.3. The first kappa shape index (κ1) is 32.2. The van der Waals surface area contributed by atoms with Crippen molar-refractivity contribution in [1.82, 2.24) is 0 Å². The van der Waals surface area contributed by atoms with Gasteiger partial charge in [-0.1, -0.05) is 72.8 Å². The van der Waals surface area contributed by atoms with E-state index in [-0.39, 0.29) is 34.1 Å². The molecule has 14 heteroatoms. The molecular weight excluding hydrogens is 657 g/mol. The van der Waals surface area contributed by atoms with E-state index < -0.39 is 30.0 Å². The van der Waals surface area contributed by atoms with Crippen LogP contribution < -0.4 is 10.9 Å². The smallest absolute Gasteiger partial charge is 0.289 e. The zero-order valence-electron chi connectivity index (χ0n) is 24.6. The average Bonchev–Trinajstić information content (AvgIpc) is 3.06. The van der Waals surface area contributed by atoms with E-state index in [0.717, 1.165) is 12.1 Å². The summed E-state index contributed by atoms with van der Waals surface area (Å²) in [6, 6.07) is 21.7. The average molecular weight is 681 g/mol. The molecule has 6 rings (SSSR count). The van der Waals surface area contributed by atoms with Crippen molar-refractivity contribution in [2.75, 3.05) is 10.9 Å². The molecule has 0 bridgehead atoms. The van der Waals surface area contributed by atoms with Crippen molar-refractivity contribution in [2.45, 2.75) is 9.79 Å². The number of fused-ring (bicyclic) bond motifs is 2. The third-order valence-corrected chi connectivity index (χ3v) is 9.18. The summed E-state index contributed by atoms with van der Waals surface area (Å²) >= 11 is 0. The molecule has 0 aliphatic heterocycles. The van der Waals surface area contributed by atoms with Crippen molar-refractivity contribution >= 4 is 66.8 Å². The van der Waals surface area contributed by atoms with E-state index in [2.05, 4.69) is 21.1 Å². The predicted molar refractivity (Wildman–Crippen MR) is 182 cm³/mol. The van der Waals surface area contributed by atoms with Gasteiger partial charge in [0, 0.05) is 22.3 Å². The fourth-order valence-electron chi connectivity index (χ4n) is 5.07. The van der Waals surface area contributed by atoms with Gasteiger partial charge in [0.25, 0.3) is 20.2 Å². The third-order valence-electron chi connectivity index (χ3n) is 7.36. The lowest BCUT2D eigenvalue weighted by Gasteiger charge is -2.13. The van der Waals surface area contributed by atoms with Gasteiger partial charge in [-0.3, -0.25) is 29.5 Å². The Labute approximate surface area is 275 Å². The molecule has 240 valence electrons. The van der Waals surface area contributed by atoms with Crippen LogP contribution in [0.5, 0.6) is 0 Å².